The smallest absolute Gasteiger partial charge is 0.162 e. The lowest BCUT2D eigenvalue weighted by molar-refractivity contribution is -0.214. The second-order valence-electron chi connectivity index (χ2n) is 9.46. The van der Waals surface area contributed by atoms with Crippen molar-refractivity contribution in [2.24, 2.45) is 35.5 Å². The van der Waals surface area contributed by atoms with E-state index in [1.807, 2.05) is 0 Å². The predicted octanol–water partition coefficient (Wildman–Crippen LogP) is 5.74. The molecule has 0 amide bonds. The molecule has 0 aromatic carbocycles. The average molecular weight is 345 g/mol. The molecule has 0 radical (unpaired) electrons. The topological polar surface area (TPSA) is 18.5 Å². The molecule has 4 rings (SSSR count). The van der Waals surface area contributed by atoms with Crippen molar-refractivity contribution in [2.75, 3.05) is 13.2 Å². The van der Waals surface area contributed by atoms with Gasteiger partial charge in [-0.25, -0.2) is 0 Å². The van der Waals surface area contributed by atoms with E-state index in [0.717, 1.165) is 48.7 Å². The van der Waals surface area contributed by atoms with Gasteiger partial charge < -0.3 is 9.47 Å². The Balaban J connectivity index is 1.05. The highest BCUT2D eigenvalue weighted by Gasteiger charge is 2.36. The summed E-state index contributed by atoms with van der Waals surface area (Å²) in [7, 11) is 0. The standard InChI is InChI=1S/C23H36O2/c1-23(2,24-11-3-5-19-13-17-7-9-21(19)15-17)25-12-4-6-20-14-18-8-10-22(20)16-18/h7-10,17-22H,3-6,11-16H2,1-2H3. The van der Waals surface area contributed by atoms with Gasteiger partial charge in [0.15, 0.2) is 5.79 Å². The quantitative estimate of drug-likeness (QED) is 0.286. The summed E-state index contributed by atoms with van der Waals surface area (Å²) in [4.78, 5) is 0. The highest BCUT2D eigenvalue weighted by Crippen LogP contribution is 2.46. The van der Waals surface area contributed by atoms with Crippen LogP contribution in [0.5, 0.6) is 0 Å². The van der Waals surface area contributed by atoms with Crippen molar-refractivity contribution in [1.29, 1.82) is 0 Å². The lowest BCUT2D eigenvalue weighted by Gasteiger charge is -2.27. The first-order chi connectivity index (χ1) is 12.1. The molecule has 0 heterocycles. The molecular formula is C23H36O2. The summed E-state index contributed by atoms with van der Waals surface area (Å²) in [6.07, 6.45) is 20.4. The van der Waals surface area contributed by atoms with Crippen LogP contribution in [0.2, 0.25) is 0 Å². The van der Waals surface area contributed by atoms with Gasteiger partial charge in [-0.05, 0) is 101 Å². The number of rotatable bonds is 10. The second kappa shape index (κ2) is 7.56. The Morgan fingerprint density at radius 1 is 0.720 bits per heavy atom. The molecule has 0 spiro atoms. The third-order valence-electron chi connectivity index (χ3n) is 7.17. The molecule has 2 fully saturated rings. The monoisotopic (exact) mass is 344 g/mol. The Morgan fingerprint density at radius 2 is 1.20 bits per heavy atom. The van der Waals surface area contributed by atoms with Gasteiger partial charge in [0.2, 0.25) is 0 Å². The summed E-state index contributed by atoms with van der Waals surface area (Å²) >= 11 is 0. The van der Waals surface area contributed by atoms with E-state index in [-0.39, 0.29) is 0 Å². The van der Waals surface area contributed by atoms with Crippen molar-refractivity contribution in [1.82, 2.24) is 0 Å². The lowest BCUT2D eigenvalue weighted by atomic mass is 9.89. The van der Waals surface area contributed by atoms with E-state index in [0.29, 0.717) is 0 Å². The van der Waals surface area contributed by atoms with Crippen LogP contribution in [0.15, 0.2) is 24.3 Å². The van der Waals surface area contributed by atoms with Crippen LogP contribution >= 0.6 is 0 Å². The Labute approximate surface area is 154 Å². The molecule has 6 unspecified atom stereocenters. The molecule has 0 saturated heterocycles. The van der Waals surface area contributed by atoms with Crippen LogP contribution in [0.25, 0.3) is 0 Å². The van der Waals surface area contributed by atoms with E-state index >= 15 is 0 Å². The van der Waals surface area contributed by atoms with Crippen molar-refractivity contribution < 1.29 is 9.47 Å². The zero-order valence-corrected chi connectivity index (χ0v) is 16.2. The van der Waals surface area contributed by atoms with Crippen LogP contribution < -0.4 is 0 Å². The molecule has 2 heteroatoms. The number of fused-ring (bicyclic) bond motifs is 4. The van der Waals surface area contributed by atoms with Crippen LogP contribution in [0.1, 0.15) is 65.2 Å². The molecule has 6 atom stereocenters. The van der Waals surface area contributed by atoms with Gasteiger partial charge in [-0.15, -0.1) is 0 Å². The van der Waals surface area contributed by atoms with Crippen molar-refractivity contribution >= 4 is 0 Å². The van der Waals surface area contributed by atoms with Crippen LogP contribution in [-0.2, 0) is 9.47 Å². The molecule has 2 saturated carbocycles. The van der Waals surface area contributed by atoms with Crippen LogP contribution in [0.4, 0.5) is 0 Å². The van der Waals surface area contributed by atoms with E-state index in [4.69, 9.17) is 9.47 Å². The summed E-state index contributed by atoms with van der Waals surface area (Å²) < 4.78 is 12.1. The SMILES string of the molecule is CC(C)(OCCCC1CC2C=CC1C2)OCCCC1CC2C=CC1C2. The van der Waals surface area contributed by atoms with Gasteiger partial charge in [0.1, 0.15) is 0 Å². The Hall–Kier alpha value is -0.600. The first-order valence-electron chi connectivity index (χ1n) is 10.7. The van der Waals surface area contributed by atoms with Gasteiger partial charge >= 0.3 is 0 Å². The number of hydrogen-bond donors (Lipinski definition) is 0. The molecule has 25 heavy (non-hydrogen) atoms. The van der Waals surface area contributed by atoms with Gasteiger partial charge in [0.25, 0.3) is 0 Å². The molecule has 4 aliphatic rings. The Morgan fingerprint density at radius 3 is 1.56 bits per heavy atom. The molecule has 0 N–H and O–H groups in total. The van der Waals surface area contributed by atoms with Crippen molar-refractivity contribution in [2.45, 2.75) is 71.0 Å². The maximum atomic E-state index is 6.04. The first-order valence-corrected chi connectivity index (χ1v) is 10.7. The Kier molecular flexibility index (Phi) is 5.38. The number of hydrogen-bond acceptors (Lipinski definition) is 2. The van der Waals surface area contributed by atoms with E-state index in [9.17, 15) is 0 Å². The summed E-state index contributed by atoms with van der Waals surface area (Å²) in [6.45, 7) is 5.82. The van der Waals surface area contributed by atoms with Gasteiger partial charge in [-0.2, -0.15) is 0 Å². The van der Waals surface area contributed by atoms with E-state index in [1.54, 1.807) is 0 Å². The lowest BCUT2D eigenvalue weighted by Crippen LogP contribution is -2.29. The maximum Gasteiger partial charge on any atom is 0.162 e. The second-order valence-corrected chi connectivity index (χ2v) is 9.46. The predicted molar refractivity (Wildman–Crippen MR) is 102 cm³/mol. The highest BCUT2D eigenvalue weighted by atomic mass is 16.7. The van der Waals surface area contributed by atoms with Crippen LogP contribution in [0, 0.1) is 35.5 Å². The van der Waals surface area contributed by atoms with Crippen molar-refractivity contribution in [3.05, 3.63) is 24.3 Å². The summed E-state index contributed by atoms with van der Waals surface area (Å²) in [5.41, 5.74) is 0. The van der Waals surface area contributed by atoms with Gasteiger partial charge in [0, 0.05) is 0 Å². The molecule has 2 nitrogen and oxygen atoms in total. The highest BCUT2D eigenvalue weighted by molar-refractivity contribution is 5.10. The fraction of sp³-hybridized carbons (Fsp3) is 0.826. The average Bonchev–Trinajstić information content (AvgIpc) is 3.36. The summed E-state index contributed by atoms with van der Waals surface area (Å²) in [6, 6.07) is 0. The van der Waals surface area contributed by atoms with E-state index in [1.165, 1.54) is 51.4 Å². The van der Waals surface area contributed by atoms with Gasteiger partial charge in [-0.3, -0.25) is 0 Å². The summed E-state index contributed by atoms with van der Waals surface area (Å²) in [5, 5.41) is 0. The first kappa shape index (κ1) is 17.8. The fourth-order valence-corrected chi connectivity index (χ4v) is 5.82. The molecule has 0 aromatic rings. The minimum absolute atomic E-state index is 0.427. The zero-order valence-electron chi connectivity index (χ0n) is 16.2. The van der Waals surface area contributed by atoms with Crippen LogP contribution in [0.3, 0.4) is 0 Å². The van der Waals surface area contributed by atoms with Crippen molar-refractivity contribution in [3.8, 4) is 0 Å². The van der Waals surface area contributed by atoms with Gasteiger partial charge in [0.05, 0.1) is 13.2 Å². The molecule has 0 aromatic heterocycles. The number of ether oxygens (including phenoxy) is 2. The van der Waals surface area contributed by atoms with Crippen LogP contribution in [-0.4, -0.2) is 19.0 Å². The van der Waals surface area contributed by atoms with Gasteiger partial charge in [-0.1, -0.05) is 24.3 Å². The normalized spacial score (nSPS) is 38.3. The third kappa shape index (κ3) is 4.39. The molecule has 4 aliphatic carbocycles. The van der Waals surface area contributed by atoms with Crippen molar-refractivity contribution in [3.63, 3.8) is 0 Å². The molecular weight excluding hydrogens is 308 g/mol. The maximum absolute atomic E-state index is 6.04. The largest absolute Gasteiger partial charge is 0.351 e. The van der Waals surface area contributed by atoms with E-state index < -0.39 is 5.79 Å². The summed E-state index contributed by atoms with van der Waals surface area (Å²) in [5.74, 6) is 4.92. The Bertz CT molecular complexity index is 462. The molecule has 0 aliphatic heterocycles. The minimum atomic E-state index is -0.427. The van der Waals surface area contributed by atoms with E-state index in [2.05, 4.69) is 38.2 Å². The molecule has 4 bridgehead atoms. The minimum Gasteiger partial charge on any atom is -0.351 e. The fourth-order valence-electron chi connectivity index (χ4n) is 5.82. The third-order valence-corrected chi connectivity index (χ3v) is 7.17. The molecule has 140 valence electrons. The number of allylic oxidation sites excluding steroid dienone is 4. The zero-order chi connectivity index (χ0) is 17.3.